The molecule has 0 aromatic heterocycles. The van der Waals surface area contributed by atoms with Crippen molar-refractivity contribution in [3.63, 3.8) is 0 Å². The van der Waals surface area contributed by atoms with Crippen molar-refractivity contribution in [3.05, 3.63) is 52.6 Å². The van der Waals surface area contributed by atoms with E-state index in [1.165, 1.54) is 13.2 Å². The first kappa shape index (κ1) is 23.1. The maximum atomic E-state index is 12.6. The number of hydrogen-bond acceptors (Lipinski definition) is 5. The second-order valence-corrected chi connectivity index (χ2v) is 6.86. The predicted octanol–water partition coefficient (Wildman–Crippen LogP) is 5.47. The number of nitrogens with zero attached hydrogens (tertiary/aromatic N) is 1. The van der Waals surface area contributed by atoms with Crippen LogP contribution >= 0.6 is 11.6 Å². The highest BCUT2D eigenvalue weighted by atomic mass is 35.5. The van der Waals surface area contributed by atoms with Gasteiger partial charge in [-0.25, -0.2) is 0 Å². The Bertz CT molecular complexity index is 966. The van der Waals surface area contributed by atoms with Crippen molar-refractivity contribution < 1.29 is 19.0 Å². The lowest BCUT2D eigenvalue weighted by Crippen LogP contribution is -2.13. The average Bonchev–Trinajstić information content (AvgIpc) is 2.73. The number of amides is 1. The number of anilines is 1. The molecule has 30 heavy (non-hydrogen) atoms. The highest BCUT2D eigenvalue weighted by Gasteiger charge is 2.16. The highest BCUT2D eigenvalue weighted by Crippen LogP contribution is 2.38. The summed E-state index contributed by atoms with van der Waals surface area (Å²) in [6.07, 6.45) is 2.22. The summed E-state index contributed by atoms with van der Waals surface area (Å²) in [4.78, 5) is 12.6. The molecule has 0 saturated carbocycles. The summed E-state index contributed by atoms with van der Waals surface area (Å²) < 4.78 is 16.6. The van der Waals surface area contributed by atoms with Gasteiger partial charge in [0.15, 0.2) is 11.5 Å². The Kier molecular flexibility index (Phi) is 8.57. The van der Waals surface area contributed by atoms with E-state index in [4.69, 9.17) is 25.8 Å². The van der Waals surface area contributed by atoms with Gasteiger partial charge in [-0.05, 0) is 56.2 Å². The molecule has 2 aromatic carbocycles. The lowest BCUT2D eigenvalue weighted by Gasteiger charge is -2.17. The van der Waals surface area contributed by atoms with Gasteiger partial charge in [0, 0.05) is 11.8 Å². The number of ether oxygens (including phenoxy) is 3. The minimum absolute atomic E-state index is 0.0364. The molecule has 0 bridgehead atoms. The third kappa shape index (κ3) is 6.16. The molecule has 7 heteroatoms. The molecule has 1 atom stereocenters. The molecule has 0 heterocycles. The number of benzene rings is 2. The topological polar surface area (TPSA) is 80.6 Å². The van der Waals surface area contributed by atoms with Crippen LogP contribution in [-0.2, 0) is 4.79 Å². The fraction of sp³-hybridized carbons (Fsp3) is 0.304. The first-order chi connectivity index (χ1) is 14.4. The van der Waals surface area contributed by atoms with Crippen molar-refractivity contribution in [2.24, 2.45) is 0 Å². The van der Waals surface area contributed by atoms with E-state index in [1.54, 1.807) is 36.4 Å². The Labute approximate surface area is 182 Å². The first-order valence-electron chi connectivity index (χ1n) is 9.61. The Balaban J connectivity index is 2.28. The molecule has 0 radical (unpaired) electrons. The maximum absolute atomic E-state index is 12.6. The van der Waals surface area contributed by atoms with Crippen molar-refractivity contribution in [2.75, 3.05) is 19.0 Å². The Morgan fingerprint density at radius 1 is 1.30 bits per heavy atom. The lowest BCUT2D eigenvalue weighted by atomic mass is 10.1. The van der Waals surface area contributed by atoms with E-state index in [-0.39, 0.29) is 11.7 Å². The van der Waals surface area contributed by atoms with E-state index in [0.29, 0.717) is 40.1 Å². The quantitative estimate of drug-likeness (QED) is 0.423. The molecule has 2 aromatic rings. The van der Waals surface area contributed by atoms with Gasteiger partial charge in [-0.1, -0.05) is 24.6 Å². The lowest BCUT2D eigenvalue weighted by molar-refractivity contribution is -0.112. The normalized spacial score (nSPS) is 11.9. The standard InChI is InChI=1S/C23H25ClN2O4/c1-5-15(3)30-22-20(24)11-16(12-21(22)28-4)10-17(14-25)23(27)26-18-8-7-9-19(13-18)29-6-2/h7-13,15H,5-6H2,1-4H3,(H,26,27). The van der Waals surface area contributed by atoms with E-state index < -0.39 is 5.91 Å². The van der Waals surface area contributed by atoms with Crippen LogP contribution in [0.25, 0.3) is 6.08 Å². The van der Waals surface area contributed by atoms with Crippen LogP contribution < -0.4 is 19.5 Å². The van der Waals surface area contributed by atoms with E-state index >= 15 is 0 Å². The van der Waals surface area contributed by atoms with Gasteiger partial charge in [-0.2, -0.15) is 5.26 Å². The van der Waals surface area contributed by atoms with Gasteiger partial charge in [-0.15, -0.1) is 0 Å². The average molecular weight is 429 g/mol. The number of hydrogen-bond donors (Lipinski definition) is 1. The SMILES string of the molecule is CCOc1cccc(NC(=O)C(C#N)=Cc2cc(Cl)c(OC(C)CC)c(OC)c2)c1. The smallest absolute Gasteiger partial charge is 0.266 e. The van der Waals surface area contributed by atoms with E-state index in [1.807, 2.05) is 26.8 Å². The van der Waals surface area contributed by atoms with Crippen LogP contribution in [-0.4, -0.2) is 25.7 Å². The van der Waals surface area contributed by atoms with E-state index in [0.717, 1.165) is 6.42 Å². The van der Waals surface area contributed by atoms with Gasteiger partial charge in [0.25, 0.3) is 5.91 Å². The number of halogens is 1. The molecule has 0 aliphatic heterocycles. The van der Waals surface area contributed by atoms with Gasteiger partial charge in [0.05, 0.1) is 24.8 Å². The summed E-state index contributed by atoms with van der Waals surface area (Å²) >= 11 is 6.37. The molecular formula is C23H25ClN2O4. The molecular weight excluding hydrogens is 404 g/mol. The molecule has 1 amide bonds. The summed E-state index contributed by atoms with van der Waals surface area (Å²) in [5.41, 5.74) is 0.994. The third-order valence-electron chi connectivity index (χ3n) is 4.22. The first-order valence-corrected chi connectivity index (χ1v) is 9.99. The molecule has 0 aliphatic rings. The highest BCUT2D eigenvalue weighted by molar-refractivity contribution is 6.32. The molecule has 6 nitrogen and oxygen atoms in total. The minimum atomic E-state index is -0.541. The van der Waals surface area contributed by atoms with Crippen LogP contribution in [0.2, 0.25) is 5.02 Å². The number of carbonyl (C=O) groups excluding carboxylic acids is 1. The molecule has 1 unspecified atom stereocenters. The van der Waals surface area contributed by atoms with Gasteiger partial charge in [0.2, 0.25) is 0 Å². The summed E-state index contributed by atoms with van der Waals surface area (Å²) in [6.45, 7) is 6.33. The van der Waals surface area contributed by atoms with Crippen molar-refractivity contribution >= 4 is 29.3 Å². The molecule has 0 saturated heterocycles. The number of nitrogens with one attached hydrogen (secondary N) is 1. The zero-order valence-electron chi connectivity index (χ0n) is 17.5. The predicted molar refractivity (Wildman–Crippen MR) is 118 cm³/mol. The van der Waals surface area contributed by atoms with Gasteiger partial charge < -0.3 is 19.5 Å². The summed E-state index contributed by atoms with van der Waals surface area (Å²) in [6, 6.07) is 12.2. The molecule has 0 aliphatic carbocycles. The zero-order valence-corrected chi connectivity index (χ0v) is 18.2. The minimum Gasteiger partial charge on any atom is -0.494 e. The molecule has 158 valence electrons. The number of rotatable bonds is 9. The monoisotopic (exact) mass is 428 g/mol. The van der Waals surface area contributed by atoms with Crippen LogP contribution in [0, 0.1) is 11.3 Å². The van der Waals surface area contributed by atoms with E-state index in [9.17, 15) is 10.1 Å². The molecule has 2 rings (SSSR count). The van der Waals surface area contributed by atoms with Crippen molar-refractivity contribution in [2.45, 2.75) is 33.3 Å². The van der Waals surface area contributed by atoms with Crippen LogP contribution in [0.1, 0.15) is 32.8 Å². The Morgan fingerprint density at radius 3 is 2.70 bits per heavy atom. The van der Waals surface area contributed by atoms with Crippen LogP contribution in [0.3, 0.4) is 0 Å². The summed E-state index contributed by atoms with van der Waals surface area (Å²) in [5.74, 6) is 0.949. The second-order valence-electron chi connectivity index (χ2n) is 6.46. The second kappa shape index (κ2) is 11.1. The largest absolute Gasteiger partial charge is 0.494 e. The fourth-order valence-electron chi connectivity index (χ4n) is 2.57. The third-order valence-corrected chi connectivity index (χ3v) is 4.51. The van der Waals surface area contributed by atoms with Crippen molar-refractivity contribution in [1.82, 2.24) is 0 Å². The summed E-state index contributed by atoms with van der Waals surface area (Å²) in [7, 11) is 1.51. The Hall–Kier alpha value is -3.17. The van der Waals surface area contributed by atoms with E-state index in [2.05, 4.69) is 5.32 Å². The fourth-order valence-corrected chi connectivity index (χ4v) is 2.83. The van der Waals surface area contributed by atoms with Gasteiger partial charge in [-0.3, -0.25) is 4.79 Å². The molecule has 0 spiro atoms. The number of nitriles is 1. The maximum Gasteiger partial charge on any atom is 0.266 e. The van der Waals surface area contributed by atoms with Crippen molar-refractivity contribution in [1.29, 1.82) is 5.26 Å². The van der Waals surface area contributed by atoms with Gasteiger partial charge in [0.1, 0.15) is 17.4 Å². The van der Waals surface area contributed by atoms with Crippen LogP contribution in [0.5, 0.6) is 17.2 Å². The molecule has 0 fully saturated rings. The zero-order chi connectivity index (χ0) is 22.1. The van der Waals surface area contributed by atoms with Crippen LogP contribution in [0.4, 0.5) is 5.69 Å². The Morgan fingerprint density at radius 2 is 2.07 bits per heavy atom. The van der Waals surface area contributed by atoms with Crippen LogP contribution in [0.15, 0.2) is 42.0 Å². The molecule has 1 N–H and O–H groups in total. The number of carbonyl (C=O) groups is 1. The summed E-state index contributed by atoms with van der Waals surface area (Å²) in [5, 5.41) is 12.5. The van der Waals surface area contributed by atoms with Gasteiger partial charge >= 0.3 is 0 Å². The van der Waals surface area contributed by atoms with Crippen molar-refractivity contribution in [3.8, 4) is 23.3 Å². The number of methoxy groups -OCH3 is 1.